The van der Waals surface area contributed by atoms with Crippen LogP contribution in [0.25, 0.3) is 11.2 Å². The van der Waals surface area contributed by atoms with Gasteiger partial charge in [0.25, 0.3) is 5.56 Å². The molecule has 1 amide bonds. The van der Waals surface area contributed by atoms with Crippen molar-refractivity contribution in [1.29, 1.82) is 0 Å². The Morgan fingerprint density at radius 1 is 0.935 bits per heavy atom. The quantitative estimate of drug-likeness (QED) is 0.462. The molecule has 174 valence electrons. The summed E-state index contributed by atoms with van der Waals surface area (Å²) < 4.78 is 3.50. The number of amides is 1. The molecule has 0 aliphatic rings. The Kier molecular flexibility index (Phi) is 10.0. The lowest BCUT2D eigenvalue weighted by Crippen LogP contribution is -2.32. The summed E-state index contributed by atoms with van der Waals surface area (Å²) in [7, 11) is 0. The first-order valence-electron chi connectivity index (χ1n) is 12.0. The molecule has 0 aliphatic carbocycles. The Morgan fingerprint density at radius 3 is 2.26 bits per heavy atom. The maximum absolute atomic E-state index is 12.7. The number of unbranched alkanes of at least 4 members (excludes halogenated alkanes) is 4. The number of carbonyl (C=O) groups is 1. The van der Waals surface area contributed by atoms with Crippen LogP contribution in [0.4, 0.5) is 0 Å². The van der Waals surface area contributed by atoms with Gasteiger partial charge in [0.15, 0.2) is 11.2 Å². The van der Waals surface area contributed by atoms with Gasteiger partial charge in [0.1, 0.15) is 5.82 Å². The van der Waals surface area contributed by atoms with Gasteiger partial charge in [0.2, 0.25) is 5.91 Å². The monoisotopic (exact) mass is 433 g/mol. The summed E-state index contributed by atoms with van der Waals surface area (Å²) >= 11 is 0. The molecule has 0 aliphatic heterocycles. The van der Waals surface area contributed by atoms with Crippen molar-refractivity contribution in [2.24, 2.45) is 0 Å². The lowest BCUT2D eigenvalue weighted by molar-refractivity contribution is -0.131. The van der Waals surface area contributed by atoms with Crippen LogP contribution >= 0.6 is 0 Å². The fourth-order valence-electron chi connectivity index (χ4n) is 3.88. The van der Waals surface area contributed by atoms with Crippen molar-refractivity contribution >= 4 is 17.1 Å². The number of aryl methyl sites for hydroxylation is 3. The zero-order valence-electron chi connectivity index (χ0n) is 19.7. The van der Waals surface area contributed by atoms with E-state index in [0.717, 1.165) is 51.5 Å². The molecule has 2 heterocycles. The zero-order chi connectivity index (χ0) is 22.8. The Bertz CT molecular complexity index is 956. The molecule has 0 saturated carbocycles. The minimum atomic E-state index is -0.413. The molecule has 31 heavy (non-hydrogen) atoms. The van der Waals surface area contributed by atoms with E-state index in [9.17, 15) is 14.4 Å². The third-order valence-electron chi connectivity index (χ3n) is 5.76. The molecule has 0 aromatic carbocycles. The highest BCUT2D eigenvalue weighted by Gasteiger charge is 2.20. The van der Waals surface area contributed by atoms with Gasteiger partial charge in [-0.05, 0) is 26.2 Å². The van der Waals surface area contributed by atoms with Crippen LogP contribution in [-0.2, 0) is 24.3 Å². The predicted molar refractivity (Wildman–Crippen MR) is 125 cm³/mol. The first-order chi connectivity index (χ1) is 15.0. The lowest BCUT2D eigenvalue weighted by atomic mass is 10.2. The summed E-state index contributed by atoms with van der Waals surface area (Å²) in [6.07, 6.45) is 7.68. The molecule has 0 saturated heterocycles. The molecule has 0 fully saturated rings. The van der Waals surface area contributed by atoms with Gasteiger partial charge in [-0.1, -0.05) is 46.5 Å². The molecule has 1 N–H and O–H groups in total. The maximum atomic E-state index is 12.7. The van der Waals surface area contributed by atoms with E-state index >= 15 is 0 Å². The maximum Gasteiger partial charge on any atom is 0.330 e. The highest BCUT2D eigenvalue weighted by molar-refractivity contribution is 5.76. The van der Waals surface area contributed by atoms with E-state index in [0.29, 0.717) is 49.5 Å². The normalized spacial score (nSPS) is 11.4. The second-order valence-electron chi connectivity index (χ2n) is 8.15. The Hall–Kier alpha value is -2.38. The van der Waals surface area contributed by atoms with Crippen molar-refractivity contribution in [3.63, 3.8) is 0 Å². The standard InChI is InChI=1S/C23H39N5O3/c1-5-9-12-17-27-18(13-14-19(29)26(8-4)15-10-6-2)24-21-20(27)22(30)25-23(31)28(21)16-11-7-3/h5-17H2,1-4H3,(H,25,30,31). The topological polar surface area (TPSA) is 93.0 Å². The van der Waals surface area contributed by atoms with E-state index in [1.807, 2.05) is 16.4 Å². The molecule has 8 nitrogen and oxygen atoms in total. The molecule has 0 radical (unpaired) electrons. The van der Waals surface area contributed by atoms with Crippen LogP contribution in [0.15, 0.2) is 9.59 Å². The van der Waals surface area contributed by atoms with Crippen LogP contribution < -0.4 is 11.2 Å². The summed E-state index contributed by atoms with van der Waals surface area (Å²) in [5.74, 6) is 0.827. The number of nitrogens with one attached hydrogen (secondary N) is 1. The number of nitrogens with zero attached hydrogens (tertiary/aromatic N) is 4. The fourth-order valence-corrected chi connectivity index (χ4v) is 3.88. The molecular formula is C23H39N5O3. The van der Waals surface area contributed by atoms with E-state index in [-0.39, 0.29) is 5.91 Å². The number of carbonyl (C=O) groups excluding carboxylic acids is 1. The Morgan fingerprint density at radius 2 is 1.61 bits per heavy atom. The first kappa shape index (κ1) is 24.9. The van der Waals surface area contributed by atoms with Gasteiger partial charge in [-0.15, -0.1) is 0 Å². The molecule has 2 rings (SSSR count). The van der Waals surface area contributed by atoms with Gasteiger partial charge in [-0.3, -0.25) is 19.1 Å². The minimum absolute atomic E-state index is 0.111. The number of imidazole rings is 1. The van der Waals surface area contributed by atoms with E-state index in [4.69, 9.17) is 4.98 Å². The average molecular weight is 434 g/mol. The lowest BCUT2D eigenvalue weighted by Gasteiger charge is -2.20. The first-order valence-corrected chi connectivity index (χ1v) is 12.0. The van der Waals surface area contributed by atoms with E-state index in [2.05, 4.69) is 25.8 Å². The molecule has 2 aromatic heterocycles. The van der Waals surface area contributed by atoms with Crippen molar-refractivity contribution in [2.45, 2.75) is 98.6 Å². The molecular weight excluding hydrogens is 394 g/mol. The number of rotatable bonds is 14. The number of hydrogen-bond donors (Lipinski definition) is 1. The van der Waals surface area contributed by atoms with Gasteiger partial charge in [-0.2, -0.15) is 0 Å². The smallest absolute Gasteiger partial charge is 0.330 e. The summed E-state index contributed by atoms with van der Waals surface area (Å²) in [6.45, 7) is 11.0. The SMILES string of the molecule is CCCCCn1c(CCC(=O)N(CC)CCCC)nc2c1c(=O)[nH]c(=O)n2CCCC. The molecule has 0 bridgehead atoms. The van der Waals surface area contributed by atoms with Crippen LogP contribution in [0.1, 0.15) is 84.9 Å². The highest BCUT2D eigenvalue weighted by atomic mass is 16.2. The summed E-state index contributed by atoms with van der Waals surface area (Å²) in [6, 6.07) is 0. The van der Waals surface area contributed by atoms with Crippen LogP contribution in [-0.4, -0.2) is 43.0 Å². The molecule has 0 spiro atoms. The van der Waals surface area contributed by atoms with Gasteiger partial charge >= 0.3 is 5.69 Å². The number of H-pyrrole nitrogens is 1. The molecule has 2 aromatic rings. The van der Waals surface area contributed by atoms with Gasteiger partial charge in [0, 0.05) is 39.0 Å². The second-order valence-corrected chi connectivity index (χ2v) is 8.15. The van der Waals surface area contributed by atoms with Crippen molar-refractivity contribution in [3.05, 3.63) is 26.7 Å². The number of aromatic amines is 1. The third-order valence-corrected chi connectivity index (χ3v) is 5.76. The van der Waals surface area contributed by atoms with Crippen molar-refractivity contribution in [3.8, 4) is 0 Å². The van der Waals surface area contributed by atoms with Crippen molar-refractivity contribution < 1.29 is 4.79 Å². The van der Waals surface area contributed by atoms with Crippen molar-refractivity contribution in [2.75, 3.05) is 13.1 Å². The average Bonchev–Trinajstić information content (AvgIpc) is 3.11. The summed E-state index contributed by atoms with van der Waals surface area (Å²) in [4.78, 5) is 46.9. The number of hydrogen-bond acceptors (Lipinski definition) is 4. The van der Waals surface area contributed by atoms with Crippen molar-refractivity contribution in [1.82, 2.24) is 24.0 Å². The molecule has 0 atom stereocenters. The van der Waals surface area contributed by atoms with Crippen LogP contribution in [0.3, 0.4) is 0 Å². The highest BCUT2D eigenvalue weighted by Crippen LogP contribution is 2.16. The minimum Gasteiger partial charge on any atom is -0.343 e. The van der Waals surface area contributed by atoms with E-state index < -0.39 is 11.2 Å². The zero-order valence-corrected chi connectivity index (χ0v) is 19.7. The van der Waals surface area contributed by atoms with Gasteiger partial charge in [-0.25, -0.2) is 9.78 Å². The third kappa shape index (κ3) is 6.31. The molecule has 0 unspecified atom stereocenters. The fraction of sp³-hybridized carbons (Fsp3) is 0.739. The summed E-state index contributed by atoms with van der Waals surface area (Å²) in [5, 5.41) is 0. The van der Waals surface area contributed by atoms with Crippen LogP contribution in [0.2, 0.25) is 0 Å². The number of aromatic nitrogens is 4. The largest absolute Gasteiger partial charge is 0.343 e. The van der Waals surface area contributed by atoms with Gasteiger partial charge in [0.05, 0.1) is 0 Å². The second kappa shape index (κ2) is 12.5. The van der Waals surface area contributed by atoms with Gasteiger partial charge < -0.3 is 9.47 Å². The Labute approximate surface area is 184 Å². The van der Waals surface area contributed by atoms with Crippen LogP contribution in [0.5, 0.6) is 0 Å². The summed E-state index contributed by atoms with van der Waals surface area (Å²) in [5.41, 5.74) is 0.0861. The number of fused-ring (bicyclic) bond motifs is 1. The van der Waals surface area contributed by atoms with Crippen LogP contribution in [0, 0.1) is 0 Å². The van der Waals surface area contributed by atoms with E-state index in [1.54, 1.807) is 4.57 Å². The Balaban J connectivity index is 2.40. The predicted octanol–water partition coefficient (Wildman–Crippen LogP) is 3.46. The van der Waals surface area contributed by atoms with E-state index in [1.165, 1.54) is 0 Å². The molecule has 8 heteroatoms.